The van der Waals surface area contributed by atoms with E-state index in [4.69, 9.17) is 9.15 Å². The van der Waals surface area contributed by atoms with E-state index in [1.54, 1.807) is 36.4 Å². The van der Waals surface area contributed by atoms with Gasteiger partial charge in [0.25, 0.3) is 17.5 Å². The number of amides is 2. The van der Waals surface area contributed by atoms with Gasteiger partial charge in [-0.2, -0.15) is 0 Å². The molecule has 9 heteroatoms. The van der Waals surface area contributed by atoms with Gasteiger partial charge in [-0.1, -0.05) is 18.2 Å². The number of carbonyl (C=O) groups is 2. The van der Waals surface area contributed by atoms with Gasteiger partial charge in [-0.05, 0) is 42.0 Å². The Morgan fingerprint density at radius 2 is 1.90 bits per heavy atom. The molecule has 9 nitrogen and oxygen atoms in total. The van der Waals surface area contributed by atoms with Gasteiger partial charge in [0, 0.05) is 17.7 Å². The SMILES string of the molecule is COc1ccc(C=C(NC(=O)c2cccc([N+](=O)[O-])c2)C(=O)NCc2ccco2)cc1. The van der Waals surface area contributed by atoms with E-state index in [0.717, 1.165) is 6.07 Å². The number of rotatable bonds is 8. The molecule has 0 radical (unpaired) electrons. The van der Waals surface area contributed by atoms with Crippen LogP contribution in [0.15, 0.2) is 77.0 Å². The second-order valence-corrected chi connectivity index (χ2v) is 6.35. The second-order valence-electron chi connectivity index (χ2n) is 6.35. The van der Waals surface area contributed by atoms with E-state index >= 15 is 0 Å². The molecule has 3 aromatic rings. The number of nitrogens with one attached hydrogen (secondary N) is 2. The topological polar surface area (TPSA) is 124 Å². The molecule has 0 spiro atoms. The molecular weight excluding hydrogens is 402 g/mol. The molecule has 0 saturated heterocycles. The van der Waals surface area contributed by atoms with Crippen molar-refractivity contribution in [3.05, 3.63) is 99.6 Å². The van der Waals surface area contributed by atoms with Crippen LogP contribution in [-0.4, -0.2) is 23.8 Å². The first-order valence-electron chi connectivity index (χ1n) is 9.18. The summed E-state index contributed by atoms with van der Waals surface area (Å²) >= 11 is 0. The van der Waals surface area contributed by atoms with Crippen molar-refractivity contribution >= 4 is 23.6 Å². The molecule has 31 heavy (non-hydrogen) atoms. The van der Waals surface area contributed by atoms with Gasteiger partial charge in [0.1, 0.15) is 17.2 Å². The number of nitro groups is 1. The number of carbonyl (C=O) groups excluding carboxylic acids is 2. The quantitative estimate of drug-likeness (QED) is 0.327. The lowest BCUT2D eigenvalue weighted by Gasteiger charge is -2.11. The Kier molecular flexibility index (Phi) is 6.79. The van der Waals surface area contributed by atoms with Crippen molar-refractivity contribution in [3.8, 4) is 5.75 Å². The second kappa shape index (κ2) is 9.88. The maximum atomic E-state index is 12.7. The summed E-state index contributed by atoms with van der Waals surface area (Å²) in [4.78, 5) is 35.8. The molecule has 1 aromatic heterocycles. The Balaban J connectivity index is 1.84. The third-order valence-corrected chi connectivity index (χ3v) is 4.24. The van der Waals surface area contributed by atoms with Crippen molar-refractivity contribution in [3.63, 3.8) is 0 Å². The van der Waals surface area contributed by atoms with Crippen molar-refractivity contribution in [1.29, 1.82) is 0 Å². The molecular formula is C22H19N3O6. The average Bonchev–Trinajstić information content (AvgIpc) is 3.31. The predicted octanol–water partition coefficient (Wildman–Crippen LogP) is 3.28. The van der Waals surface area contributed by atoms with Crippen molar-refractivity contribution < 1.29 is 23.7 Å². The minimum absolute atomic E-state index is 0.0340. The van der Waals surface area contributed by atoms with Gasteiger partial charge in [-0.15, -0.1) is 0 Å². The first-order valence-corrected chi connectivity index (χ1v) is 9.18. The van der Waals surface area contributed by atoms with Crippen LogP contribution in [0.2, 0.25) is 0 Å². The van der Waals surface area contributed by atoms with Crippen molar-refractivity contribution in [2.24, 2.45) is 0 Å². The van der Waals surface area contributed by atoms with E-state index in [0.29, 0.717) is 17.1 Å². The summed E-state index contributed by atoms with van der Waals surface area (Å²) in [6.45, 7) is 0.123. The fourth-order valence-corrected chi connectivity index (χ4v) is 2.66. The third-order valence-electron chi connectivity index (χ3n) is 4.24. The Morgan fingerprint density at radius 1 is 1.13 bits per heavy atom. The summed E-state index contributed by atoms with van der Waals surface area (Å²) in [7, 11) is 1.54. The zero-order valence-corrected chi connectivity index (χ0v) is 16.5. The summed E-state index contributed by atoms with van der Waals surface area (Å²) < 4.78 is 10.3. The number of hydrogen-bond acceptors (Lipinski definition) is 6. The lowest BCUT2D eigenvalue weighted by atomic mass is 10.1. The molecule has 0 aliphatic heterocycles. The molecule has 3 rings (SSSR count). The molecule has 2 aromatic carbocycles. The maximum absolute atomic E-state index is 12.7. The van der Waals surface area contributed by atoms with E-state index in [1.165, 1.54) is 37.6 Å². The summed E-state index contributed by atoms with van der Waals surface area (Å²) in [6.07, 6.45) is 2.98. The monoisotopic (exact) mass is 421 g/mol. The first kappa shape index (κ1) is 21.3. The number of furan rings is 1. The number of hydrogen-bond donors (Lipinski definition) is 2. The van der Waals surface area contributed by atoms with E-state index < -0.39 is 16.7 Å². The van der Waals surface area contributed by atoms with Gasteiger partial charge in [0.05, 0.1) is 24.8 Å². The van der Waals surface area contributed by atoms with Crippen LogP contribution >= 0.6 is 0 Å². The van der Waals surface area contributed by atoms with Crippen LogP contribution in [0, 0.1) is 10.1 Å². The molecule has 0 bridgehead atoms. The Morgan fingerprint density at radius 3 is 2.55 bits per heavy atom. The zero-order chi connectivity index (χ0) is 22.2. The molecule has 158 valence electrons. The summed E-state index contributed by atoms with van der Waals surface area (Å²) in [5.74, 6) is -0.0219. The smallest absolute Gasteiger partial charge is 0.270 e. The third kappa shape index (κ3) is 5.80. The van der Waals surface area contributed by atoms with Crippen LogP contribution < -0.4 is 15.4 Å². The standard InChI is InChI=1S/C22H19N3O6/c1-30-18-9-7-15(8-10-18)12-20(22(27)23-14-19-6-3-11-31-19)24-21(26)16-4-2-5-17(13-16)25(28)29/h2-13H,14H2,1H3,(H,23,27)(H,24,26). The van der Waals surface area contributed by atoms with Crippen LogP contribution in [0.1, 0.15) is 21.7 Å². The highest BCUT2D eigenvalue weighted by Gasteiger charge is 2.17. The molecule has 2 amide bonds. The Bertz CT molecular complexity index is 1100. The fraction of sp³-hybridized carbons (Fsp3) is 0.0909. The molecule has 0 fully saturated rings. The highest BCUT2D eigenvalue weighted by atomic mass is 16.6. The van der Waals surface area contributed by atoms with Gasteiger partial charge < -0.3 is 19.8 Å². The van der Waals surface area contributed by atoms with Crippen LogP contribution in [0.5, 0.6) is 5.75 Å². The highest BCUT2D eigenvalue weighted by Crippen LogP contribution is 2.16. The molecule has 0 unspecified atom stereocenters. The van der Waals surface area contributed by atoms with Crippen molar-refractivity contribution in [1.82, 2.24) is 10.6 Å². The average molecular weight is 421 g/mol. The van der Waals surface area contributed by atoms with Crippen LogP contribution in [0.3, 0.4) is 0 Å². The largest absolute Gasteiger partial charge is 0.497 e. The number of nitro benzene ring substituents is 1. The molecule has 0 saturated carbocycles. The van der Waals surface area contributed by atoms with Crippen LogP contribution in [0.4, 0.5) is 5.69 Å². The summed E-state index contributed by atoms with van der Waals surface area (Å²) in [5, 5.41) is 16.2. The Hall–Kier alpha value is -4.40. The number of non-ortho nitro benzene ring substituents is 1. The molecule has 0 atom stereocenters. The fourth-order valence-electron chi connectivity index (χ4n) is 2.66. The summed E-state index contributed by atoms with van der Waals surface area (Å²) in [6, 6.07) is 15.5. The molecule has 2 N–H and O–H groups in total. The van der Waals surface area contributed by atoms with Crippen LogP contribution in [0.25, 0.3) is 6.08 Å². The Labute approximate surface area is 177 Å². The van der Waals surface area contributed by atoms with Gasteiger partial charge in [-0.3, -0.25) is 19.7 Å². The normalized spacial score (nSPS) is 10.9. The van der Waals surface area contributed by atoms with Gasteiger partial charge >= 0.3 is 0 Å². The predicted molar refractivity (Wildman–Crippen MR) is 112 cm³/mol. The lowest BCUT2D eigenvalue weighted by molar-refractivity contribution is -0.384. The number of benzene rings is 2. The molecule has 1 heterocycles. The van der Waals surface area contributed by atoms with E-state index in [9.17, 15) is 19.7 Å². The number of nitrogens with zero attached hydrogens (tertiary/aromatic N) is 1. The van der Waals surface area contributed by atoms with E-state index in [2.05, 4.69) is 10.6 Å². The number of ether oxygens (including phenoxy) is 1. The van der Waals surface area contributed by atoms with Crippen LogP contribution in [-0.2, 0) is 11.3 Å². The minimum Gasteiger partial charge on any atom is -0.497 e. The van der Waals surface area contributed by atoms with Crippen molar-refractivity contribution in [2.75, 3.05) is 7.11 Å². The minimum atomic E-state index is -0.656. The lowest BCUT2D eigenvalue weighted by Crippen LogP contribution is -2.34. The van der Waals surface area contributed by atoms with E-state index in [-0.39, 0.29) is 23.5 Å². The molecule has 0 aliphatic rings. The highest BCUT2D eigenvalue weighted by molar-refractivity contribution is 6.05. The van der Waals surface area contributed by atoms with Gasteiger partial charge in [-0.25, -0.2) is 0 Å². The zero-order valence-electron chi connectivity index (χ0n) is 16.5. The summed E-state index contributed by atoms with van der Waals surface area (Å²) in [5.41, 5.74) is 0.431. The maximum Gasteiger partial charge on any atom is 0.270 e. The van der Waals surface area contributed by atoms with Gasteiger partial charge in [0.15, 0.2) is 0 Å². The van der Waals surface area contributed by atoms with Gasteiger partial charge in [0.2, 0.25) is 0 Å². The van der Waals surface area contributed by atoms with E-state index in [1.807, 2.05) is 0 Å². The first-order chi connectivity index (χ1) is 15.0. The van der Waals surface area contributed by atoms with Crippen molar-refractivity contribution in [2.45, 2.75) is 6.54 Å². The molecule has 0 aliphatic carbocycles. The number of methoxy groups -OCH3 is 1.